The van der Waals surface area contributed by atoms with Crippen molar-refractivity contribution in [2.75, 3.05) is 0 Å². The Hall–Kier alpha value is -1.14. The molecule has 0 heteroatoms. The fraction of sp³-hybridized carbons (Fsp3) is 0.400. The van der Waals surface area contributed by atoms with E-state index in [1.807, 2.05) is 39.8 Å². The number of allylic oxidation sites excluding steroid dienone is 2. The molecule has 58 valence electrons. The maximum absolute atomic E-state index is 4.00. The van der Waals surface area contributed by atoms with Crippen molar-refractivity contribution in [2.45, 2.75) is 27.7 Å². The van der Waals surface area contributed by atoms with Gasteiger partial charge in [0.2, 0.25) is 0 Å². The normalized spacial score (nSPS) is 4.80. The molecular weight excluding hydrogens is 120 g/mol. The summed E-state index contributed by atoms with van der Waals surface area (Å²) in [6.45, 7) is 8.00. The van der Waals surface area contributed by atoms with Crippen LogP contribution in [0.15, 0.2) is 12.2 Å². The van der Waals surface area contributed by atoms with Gasteiger partial charge in [-0.15, -0.1) is 25.7 Å². The fourth-order valence-electron chi connectivity index (χ4n) is 0. The first kappa shape index (κ1) is 23.2. The van der Waals surface area contributed by atoms with E-state index in [4.69, 9.17) is 0 Å². The van der Waals surface area contributed by atoms with E-state index in [1.165, 1.54) is 0 Å². The monoisotopic (exact) mass is 138 g/mol. The molecule has 0 aromatic rings. The highest BCUT2D eigenvalue weighted by molar-refractivity contribution is 4.68. The summed E-state index contributed by atoms with van der Waals surface area (Å²) in [6, 6.07) is 0. The van der Waals surface area contributed by atoms with Gasteiger partial charge in [-0.25, -0.2) is 0 Å². The van der Waals surface area contributed by atoms with Crippen molar-refractivity contribution in [1.82, 2.24) is 0 Å². The summed E-state index contributed by atoms with van der Waals surface area (Å²) in [5.41, 5.74) is 0. The van der Waals surface area contributed by atoms with Gasteiger partial charge in [-0.1, -0.05) is 26.0 Å². The summed E-state index contributed by atoms with van der Waals surface area (Å²) in [5.74, 6) is 0. The molecule has 0 bridgehead atoms. The molecule has 0 nitrogen and oxygen atoms in total. The van der Waals surface area contributed by atoms with Gasteiger partial charge >= 0.3 is 0 Å². The standard InChI is InChI=1S/C4H8.C2H6.2C2H2/c1-3-4-2;3*1-2/h3-4H,1-2H3;1-2H3;2*1-2H/b4-3+;;;. The highest BCUT2D eigenvalue weighted by Gasteiger charge is 1.34. The van der Waals surface area contributed by atoms with Crippen molar-refractivity contribution in [3.8, 4) is 25.7 Å². The largest absolute Gasteiger partial charge is 0.124 e. The number of terminal acetylenes is 2. The quantitative estimate of drug-likeness (QED) is 0.356. The summed E-state index contributed by atoms with van der Waals surface area (Å²) in [6.07, 6.45) is 20.0. The summed E-state index contributed by atoms with van der Waals surface area (Å²) < 4.78 is 0. The van der Waals surface area contributed by atoms with Gasteiger partial charge < -0.3 is 0 Å². The van der Waals surface area contributed by atoms with Crippen LogP contribution in [0.4, 0.5) is 0 Å². The van der Waals surface area contributed by atoms with Gasteiger partial charge in [0.15, 0.2) is 0 Å². The van der Waals surface area contributed by atoms with Crippen molar-refractivity contribution in [3.05, 3.63) is 12.2 Å². The van der Waals surface area contributed by atoms with Crippen molar-refractivity contribution < 1.29 is 0 Å². The van der Waals surface area contributed by atoms with Gasteiger partial charge in [0.05, 0.1) is 0 Å². The van der Waals surface area contributed by atoms with Crippen LogP contribution in [0.3, 0.4) is 0 Å². The van der Waals surface area contributed by atoms with Gasteiger partial charge in [0.25, 0.3) is 0 Å². The maximum atomic E-state index is 4.00. The number of rotatable bonds is 0. The Morgan fingerprint density at radius 3 is 0.800 bits per heavy atom. The molecule has 0 aromatic carbocycles. The molecule has 0 aliphatic carbocycles. The van der Waals surface area contributed by atoms with Gasteiger partial charge in [0.1, 0.15) is 0 Å². The van der Waals surface area contributed by atoms with Crippen molar-refractivity contribution in [3.63, 3.8) is 0 Å². The Bertz CT molecular complexity index is 52.6. The lowest BCUT2D eigenvalue weighted by atomic mass is 10.6. The minimum Gasteiger partial charge on any atom is -0.124 e. The Morgan fingerprint density at radius 2 is 0.800 bits per heavy atom. The van der Waals surface area contributed by atoms with Crippen molar-refractivity contribution in [1.29, 1.82) is 0 Å². The Morgan fingerprint density at radius 1 is 0.700 bits per heavy atom. The van der Waals surface area contributed by atoms with Gasteiger partial charge in [-0.05, 0) is 13.8 Å². The Balaban J connectivity index is -0.0000000262. The SMILES string of the molecule is C#C.C#C.C/C=C/C.CC. The Labute approximate surface area is 66.4 Å². The average Bonchev–Trinajstić information content (AvgIpc) is 2.14. The van der Waals surface area contributed by atoms with Crippen LogP contribution < -0.4 is 0 Å². The zero-order chi connectivity index (χ0) is 9.41. The van der Waals surface area contributed by atoms with Crippen LogP contribution in [0.2, 0.25) is 0 Å². The highest BCUT2D eigenvalue weighted by atomic mass is 13.4. The molecule has 0 aliphatic heterocycles. The number of hydrogen-bond acceptors (Lipinski definition) is 0. The van der Waals surface area contributed by atoms with E-state index in [0.29, 0.717) is 0 Å². The second-order valence-corrected chi connectivity index (χ2v) is 0.667. The van der Waals surface area contributed by atoms with Crippen LogP contribution >= 0.6 is 0 Å². The van der Waals surface area contributed by atoms with E-state index in [0.717, 1.165) is 0 Å². The Kier molecular flexibility index (Phi) is 1160. The van der Waals surface area contributed by atoms with E-state index in [9.17, 15) is 0 Å². The first-order valence-corrected chi connectivity index (χ1v) is 3.15. The van der Waals surface area contributed by atoms with Crippen LogP contribution in [0.25, 0.3) is 0 Å². The zero-order valence-electron chi connectivity index (χ0n) is 7.46. The minimum atomic E-state index is 2.00. The zero-order valence-corrected chi connectivity index (χ0v) is 7.46. The molecule has 0 saturated heterocycles. The molecule has 0 aromatic heterocycles. The van der Waals surface area contributed by atoms with Gasteiger partial charge in [-0.2, -0.15) is 0 Å². The van der Waals surface area contributed by atoms with Crippen molar-refractivity contribution in [2.24, 2.45) is 0 Å². The summed E-state index contributed by atoms with van der Waals surface area (Å²) in [4.78, 5) is 0. The molecule has 0 rings (SSSR count). The molecule has 0 saturated carbocycles. The smallest absolute Gasteiger partial charge is 0.0470 e. The molecule has 0 radical (unpaired) electrons. The summed E-state index contributed by atoms with van der Waals surface area (Å²) in [5, 5.41) is 0. The van der Waals surface area contributed by atoms with E-state index in [-0.39, 0.29) is 0 Å². The second kappa shape index (κ2) is 500. The molecule has 10 heavy (non-hydrogen) atoms. The maximum Gasteiger partial charge on any atom is -0.0470 e. The van der Waals surface area contributed by atoms with Crippen LogP contribution in [0.1, 0.15) is 27.7 Å². The minimum absolute atomic E-state index is 2.00. The molecule has 0 unspecified atom stereocenters. The van der Waals surface area contributed by atoms with E-state index < -0.39 is 0 Å². The predicted octanol–water partition coefficient (Wildman–Crippen LogP) is 3.11. The second-order valence-electron chi connectivity index (χ2n) is 0.667. The molecule has 0 atom stereocenters. The van der Waals surface area contributed by atoms with E-state index in [2.05, 4.69) is 25.7 Å². The molecule has 0 fully saturated rings. The van der Waals surface area contributed by atoms with Crippen LogP contribution in [-0.4, -0.2) is 0 Å². The highest BCUT2D eigenvalue weighted by Crippen LogP contribution is 1.57. The first-order chi connectivity index (χ1) is 4.91. The third-order valence-electron chi connectivity index (χ3n) is 0.333. The lowest BCUT2D eigenvalue weighted by Crippen LogP contribution is -1.26. The first-order valence-electron chi connectivity index (χ1n) is 3.15. The average molecular weight is 138 g/mol. The number of hydrogen-bond donors (Lipinski definition) is 0. The van der Waals surface area contributed by atoms with E-state index in [1.54, 1.807) is 0 Å². The van der Waals surface area contributed by atoms with Gasteiger partial charge in [-0.3, -0.25) is 0 Å². The third-order valence-corrected chi connectivity index (χ3v) is 0.333. The molecule has 0 spiro atoms. The molecular formula is C10H18. The topological polar surface area (TPSA) is 0 Å². The van der Waals surface area contributed by atoms with Crippen LogP contribution in [0.5, 0.6) is 0 Å². The molecule has 0 amide bonds. The molecule has 0 aliphatic rings. The van der Waals surface area contributed by atoms with Gasteiger partial charge in [0, 0.05) is 0 Å². The van der Waals surface area contributed by atoms with Crippen LogP contribution in [-0.2, 0) is 0 Å². The lowest BCUT2D eigenvalue weighted by Gasteiger charge is -1.49. The summed E-state index contributed by atoms with van der Waals surface area (Å²) >= 11 is 0. The predicted molar refractivity (Wildman–Crippen MR) is 51.6 cm³/mol. The van der Waals surface area contributed by atoms with Crippen molar-refractivity contribution >= 4 is 0 Å². The van der Waals surface area contributed by atoms with Crippen LogP contribution in [0, 0.1) is 25.7 Å². The third kappa shape index (κ3) is 12000. The molecule has 0 N–H and O–H groups in total. The fourth-order valence-corrected chi connectivity index (χ4v) is 0. The van der Waals surface area contributed by atoms with E-state index >= 15 is 0 Å². The summed E-state index contributed by atoms with van der Waals surface area (Å²) in [7, 11) is 0. The lowest BCUT2D eigenvalue weighted by molar-refractivity contribution is 1.50. The molecule has 0 heterocycles.